The average Bonchev–Trinajstić information content (AvgIpc) is 2.41. The zero-order valence-corrected chi connectivity index (χ0v) is 12.1. The molecule has 0 atom stereocenters. The van der Waals surface area contributed by atoms with Gasteiger partial charge in [0.25, 0.3) is 0 Å². The van der Waals surface area contributed by atoms with Crippen LogP contribution in [0, 0.1) is 6.92 Å². The molecule has 0 aliphatic carbocycles. The second-order valence-electron chi connectivity index (χ2n) is 4.86. The Labute approximate surface area is 92.3 Å². The monoisotopic (exact) mass is 266 g/mol. The summed E-state index contributed by atoms with van der Waals surface area (Å²) in [4.78, 5) is 1.42. The molecule has 0 amide bonds. The van der Waals surface area contributed by atoms with Crippen molar-refractivity contribution in [2.75, 3.05) is 0 Å². The Bertz CT molecular complexity index is 463. The summed E-state index contributed by atoms with van der Waals surface area (Å²) in [5, 5.41) is 1.44. The molecule has 0 saturated heterocycles. The van der Waals surface area contributed by atoms with Crippen molar-refractivity contribution in [1.82, 2.24) is 0 Å². The Kier molecular flexibility index (Phi) is 2.48. The van der Waals surface area contributed by atoms with Crippen LogP contribution in [0.5, 0.6) is 0 Å². The van der Waals surface area contributed by atoms with Crippen LogP contribution < -0.4 is 4.40 Å². The molecule has 0 unspecified atom stereocenters. The second-order valence-corrected chi connectivity index (χ2v) is 16.8. The number of benzene rings is 1. The van der Waals surface area contributed by atoms with Gasteiger partial charge in [0.05, 0.1) is 0 Å². The number of hydrogen-bond acceptors (Lipinski definition) is 1. The summed E-state index contributed by atoms with van der Waals surface area (Å²) in [5.41, 5.74) is 0. The van der Waals surface area contributed by atoms with Crippen LogP contribution in [0.4, 0.5) is 0 Å². The van der Waals surface area contributed by atoms with Gasteiger partial charge in [0.1, 0.15) is 0 Å². The SMILES string of the molecule is Cc1cc2c[c]([Ge]([CH3])([CH3])[CH3])ccc2s1. The van der Waals surface area contributed by atoms with Gasteiger partial charge in [0.15, 0.2) is 0 Å². The van der Waals surface area contributed by atoms with Crippen molar-refractivity contribution in [2.24, 2.45) is 0 Å². The summed E-state index contributed by atoms with van der Waals surface area (Å²) < 4.78 is 3.04. The van der Waals surface area contributed by atoms with Crippen LogP contribution in [-0.2, 0) is 0 Å². The van der Waals surface area contributed by atoms with E-state index in [4.69, 9.17) is 0 Å². The van der Waals surface area contributed by atoms with Gasteiger partial charge in [-0.3, -0.25) is 0 Å². The molecule has 2 rings (SSSR count). The van der Waals surface area contributed by atoms with Gasteiger partial charge >= 0.3 is 92.4 Å². The number of fused-ring (bicyclic) bond motifs is 1. The molecule has 0 radical (unpaired) electrons. The first-order chi connectivity index (χ1) is 6.47. The minimum absolute atomic E-state index is 1.42. The topological polar surface area (TPSA) is 0 Å². The molecule has 0 spiro atoms. The fourth-order valence-electron chi connectivity index (χ4n) is 1.64. The van der Waals surface area contributed by atoms with Crippen molar-refractivity contribution in [3.8, 4) is 0 Å². The Morgan fingerprint density at radius 3 is 2.43 bits per heavy atom. The van der Waals surface area contributed by atoms with Crippen LogP contribution in [0.2, 0.25) is 17.3 Å². The number of rotatable bonds is 1. The van der Waals surface area contributed by atoms with Gasteiger partial charge in [-0.1, -0.05) is 0 Å². The van der Waals surface area contributed by atoms with E-state index >= 15 is 0 Å². The quantitative estimate of drug-likeness (QED) is 0.688. The van der Waals surface area contributed by atoms with Crippen molar-refractivity contribution in [2.45, 2.75) is 24.2 Å². The standard InChI is InChI=1S/C12H16GeS/c1-9-7-10-8-11(13(2,3)4)5-6-12(10)14-9/h5-8H,1-4H3. The van der Waals surface area contributed by atoms with E-state index in [1.54, 1.807) is 4.40 Å². The van der Waals surface area contributed by atoms with Crippen molar-refractivity contribution in [3.05, 3.63) is 29.1 Å². The summed E-state index contributed by atoms with van der Waals surface area (Å²) in [6.07, 6.45) is 0. The first kappa shape index (κ1) is 10.2. The molecular formula is C12H16GeS. The van der Waals surface area contributed by atoms with Crippen molar-refractivity contribution < 1.29 is 0 Å². The van der Waals surface area contributed by atoms with Crippen LogP contribution >= 0.6 is 11.3 Å². The van der Waals surface area contributed by atoms with E-state index in [0.29, 0.717) is 0 Å². The summed E-state index contributed by atoms with van der Waals surface area (Å²) in [6.45, 7) is 2.18. The third kappa shape index (κ3) is 1.89. The van der Waals surface area contributed by atoms with Crippen LogP contribution in [0.3, 0.4) is 0 Å². The predicted molar refractivity (Wildman–Crippen MR) is 69.5 cm³/mol. The Morgan fingerprint density at radius 1 is 1.07 bits per heavy atom. The summed E-state index contributed by atoms with van der Waals surface area (Å²) in [6, 6.07) is 9.33. The van der Waals surface area contributed by atoms with E-state index in [2.05, 4.69) is 48.5 Å². The van der Waals surface area contributed by atoms with Crippen LogP contribution in [0.25, 0.3) is 10.1 Å². The first-order valence-electron chi connectivity index (χ1n) is 4.97. The summed E-state index contributed by atoms with van der Waals surface area (Å²) in [7, 11) is 0. The van der Waals surface area contributed by atoms with Gasteiger partial charge in [-0.2, -0.15) is 0 Å². The van der Waals surface area contributed by atoms with E-state index in [9.17, 15) is 0 Å². The van der Waals surface area contributed by atoms with E-state index in [-0.39, 0.29) is 0 Å². The van der Waals surface area contributed by atoms with Crippen molar-refractivity contribution in [3.63, 3.8) is 0 Å². The zero-order valence-electron chi connectivity index (χ0n) is 9.22. The molecule has 0 fully saturated rings. The normalized spacial score (nSPS) is 12.3. The molecule has 1 aromatic heterocycles. The average molecular weight is 265 g/mol. The number of hydrogen-bond donors (Lipinski definition) is 0. The van der Waals surface area contributed by atoms with Gasteiger partial charge in [0, 0.05) is 0 Å². The molecule has 74 valence electrons. The van der Waals surface area contributed by atoms with Gasteiger partial charge in [-0.15, -0.1) is 0 Å². The number of aryl methyl sites for hydroxylation is 1. The van der Waals surface area contributed by atoms with E-state index in [1.165, 1.54) is 15.0 Å². The minimum atomic E-state index is -1.62. The number of thiophene rings is 1. The molecule has 1 heterocycles. The van der Waals surface area contributed by atoms with E-state index in [0.717, 1.165) is 0 Å². The molecule has 1 aromatic carbocycles. The third-order valence-electron chi connectivity index (χ3n) is 2.51. The fraction of sp³-hybridized carbons (Fsp3) is 0.333. The van der Waals surface area contributed by atoms with Gasteiger partial charge < -0.3 is 0 Å². The summed E-state index contributed by atoms with van der Waals surface area (Å²) >= 11 is 0.269. The van der Waals surface area contributed by atoms with Crippen molar-refractivity contribution in [1.29, 1.82) is 0 Å². The molecule has 0 saturated carbocycles. The Balaban J connectivity index is 2.62. The first-order valence-corrected chi connectivity index (χ1v) is 13.1. The van der Waals surface area contributed by atoms with Gasteiger partial charge in [0.2, 0.25) is 0 Å². The molecule has 0 N–H and O–H groups in total. The Hall–Kier alpha value is -0.277. The molecule has 0 nitrogen and oxygen atoms in total. The maximum atomic E-state index is 2.44. The third-order valence-corrected chi connectivity index (χ3v) is 7.82. The van der Waals surface area contributed by atoms with Gasteiger partial charge in [-0.25, -0.2) is 0 Å². The summed E-state index contributed by atoms with van der Waals surface area (Å²) in [5.74, 6) is 7.33. The second kappa shape index (κ2) is 3.39. The van der Waals surface area contributed by atoms with Crippen LogP contribution in [-0.4, -0.2) is 13.3 Å². The van der Waals surface area contributed by atoms with E-state index in [1.807, 2.05) is 11.3 Å². The fourth-order valence-corrected chi connectivity index (χ4v) is 5.01. The maximum absolute atomic E-state index is 2.44. The molecule has 14 heavy (non-hydrogen) atoms. The molecule has 2 aromatic rings. The Morgan fingerprint density at radius 2 is 1.79 bits per heavy atom. The van der Waals surface area contributed by atoms with Gasteiger partial charge in [-0.05, 0) is 0 Å². The van der Waals surface area contributed by atoms with Crippen molar-refractivity contribution >= 4 is 39.1 Å². The molecule has 0 aliphatic heterocycles. The molecule has 2 heteroatoms. The van der Waals surface area contributed by atoms with Crippen LogP contribution in [0.15, 0.2) is 24.3 Å². The molecule has 0 aliphatic rings. The molecule has 0 bridgehead atoms. The zero-order chi connectivity index (χ0) is 10.3. The van der Waals surface area contributed by atoms with Crippen LogP contribution in [0.1, 0.15) is 4.88 Å². The predicted octanol–water partition coefficient (Wildman–Crippen LogP) is 3.75. The van der Waals surface area contributed by atoms with E-state index < -0.39 is 13.3 Å². The molecular weight excluding hydrogens is 249 g/mol.